The Balaban J connectivity index is 1.43. The summed E-state index contributed by atoms with van der Waals surface area (Å²) in [5, 5.41) is 5.57. The topological polar surface area (TPSA) is 79.9 Å². The molecule has 0 aliphatic carbocycles. The molecule has 134 valence electrons. The van der Waals surface area contributed by atoms with Crippen molar-refractivity contribution in [1.82, 2.24) is 0 Å². The van der Waals surface area contributed by atoms with Crippen molar-refractivity contribution in [2.45, 2.75) is 19.8 Å². The van der Waals surface area contributed by atoms with Crippen molar-refractivity contribution in [3.05, 3.63) is 42.0 Å². The van der Waals surface area contributed by atoms with Gasteiger partial charge in [0.15, 0.2) is 11.5 Å². The lowest BCUT2D eigenvalue weighted by Crippen LogP contribution is -2.24. The van der Waals surface area contributed by atoms with Gasteiger partial charge in [0.1, 0.15) is 0 Å². The Labute approximate surface area is 150 Å². The van der Waals surface area contributed by atoms with Gasteiger partial charge in [0.05, 0.1) is 0 Å². The van der Waals surface area contributed by atoms with Crippen molar-refractivity contribution in [2.24, 2.45) is 0 Å². The molecule has 2 aliphatic rings. The highest BCUT2D eigenvalue weighted by Crippen LogP contribution is 2.34. The van der Waals surface area contributed by atoms with E-state index < -0.39 is 0 Å². The van der Waals surface area contributed by atoms with Crippen LogP contribution in [-0.4, -0.2) is 25.3 Å². The summed E-state index contributed by atoms with van der Waals surface area (Å²) in [6, 6.07) is 10.4. The van der Waals surface area contributed by atoms with Gasteiger partial charge in [-0.2, -0.15) is 0 Å². The summed E-state index contributed by atoms with van der Waals surface area (Å²) in [5.41, 5.74) is 3.12. The molecule has 3 amide bonds. The van der Waals surface area contributed by atoms with E-state index in [-0.39, 0.29) is 18.7 Å². The Morgan fingerprint density at radius 3 is 2.50 bits per heavy atom. The van der Waals surface area contributed by atoms with Gasteiger partial charge in [-0.25, -0.2) is 4.79 Å². The first-order valence-corrected chi connectivity index (χ1v) is 8.49. The summed E-state index contributed by atoms with van der Waals surface area (Å²) in [5.74, 6) is 1.42. The molecule has 0 atom stereocenters. The van der Waals surface area contributed by atoms with Gasteiger partial charge in [-0.1, -0.05) is 0 Å². The first kappa shape index (κ1) is 16.3. The number of nitrogens with zero attached hydrogens (tertiary/aromatic N) is 1. The maximum atomic E-state index is 12.2. The highest BCUT2D eigenvalue weighted by Gasteiger charge is 2.23. The number of fused-ring (bicyclic) bond motifs is 1. The molecule has 7 nitrogen and oxygen atoms in total. The van der Waals surface area contributed by atoms with E-state index in [1.54, 1.807) is 29.2 Å². The highest BCUT2D eigenvalue weighted by molar-refractivity contribution is 6.01. The molecule has 0 radical (unpaired) electrons. The van der Waals surface area contributed by atoms with Crippen molar-refractivity contribution in [2.75, 3.05) is 28.9 Å². The van der Waals surface area contributed by atoms with Crippen LogP contribution in [0.5, 0.6) is 11.5 Å². The Bertz CT molecular complexity index is 881. The summed E-state index contributed by atoms with van der Waals surface area (Å²) >= 11 is 0. The van der Waals surface area contributed by atoms with E-state index in [1.165, 1.54) is 0 Å². The molecule has 1 saturated heterocycles. The lowest BCUT2D eigenvalue weighted by molar-refractivity contribution is -0.117. The second-order valence-electron chi connectivity index (χ2n) is 6.30. The Kier molecular flexibility index (Phi) is 4.12. The minimum Gasteiger partial charge on any atom is -0.454 e. The fraction of sp³-hybridized carbons (Fsp3) is 0.263. The zero-order valence-corrected chi connectivity index (χ0v) is 14.4. The number of benzene rings is 2. The summed E-state index contributed by atoms with van der Waals surface area (Å²) in [7, 11) is 0. The molecule has 0 spiro atoms. The molecule has 2 N–H and O–H groups in total. The summed E-state index contributed by atoms with van der Waals surface area (Å²) in [6.07, 6.45) is 1.48. The van der Waals surface area contributed by atoms with Crippen molar-refractivity contribution in [3.8, 4) is 11.5 Å². The molecule has 2 aromatic rings. The van der Waals surface area contributed by atoms with Crippen LogP contribution >= 0.6 is 0 Å². The van der Waals surface area contributed by atoms with Crippen molar-refractivity contribution < 1.29 is 19.1 Å². The lowest BCUT2D eigenvalue weighted by Gasteiger charge is -2.19. The largest absolute Gasteiger partial charge is 0.454 e. The Morgan fingerprint density at radius 2 is 1.77 bits per heavy atom. The van der Waals surface area contributed by atoms with E-state index in [2.05, 4.69) is 10.6 Å². The smallest absolute Gasteiger partial charge is 0.323 e. The van der Waals surface area contributed by atoms with E-state index in [1.807, 2.05) is 19.1 Å². The highest BCUT2D eigenvalue weighted by atomic mass is 16.7. The van der Waals surface area contributed by atoms with Crippen molar-refractivity contribution in [1.29, 1.82) is 0 Å². The number of rotatable bonds is 3. The van der Waals surface area contributed by atoms with Gasteiger partial charge in [0.2, 0.25) is 12.7 Å². The monoisotopic (exact) mass is 353 g/mol. The molecule has 2 aliphatic heterocycles. The van der Waals surface area contributed by atoms with Gasteiger partial charge in [-0.05, 0) is 49.2 Å². The van der Waals surface area contributed by atoms with Gasteiger partial charge in [-0.3, -0.25) is 4.79 Å². The first-order valence-electron chi connectivity index (χ1n) is 8.49. The maximum absolute atomic E-state index is 12.2. The van der Waals surface area contributed by atoms with Crippen LogP contribution in [0.25, 0.3) is 0 Å². The molecule has 0 unspecified atom stereocenters. The number of amides is 3. The average Bonchev–Trinajstić information content (AvgIpc) is 3.23. The third-order valence-electron chi connectivity index (χ3n) is 4.45. The molecule has 1 fully saturated rings. The van der Waals surface area contributed by atoms with E-state index in [4.69, 9.17) is 9.47 Å². The van der Waals surface area contributed by atoms with E-state index >= 15 is 0 Å². The fourth-order valence-corrected chi connectivity index (χ4v) is 3.21. The minimum absolute atomic E-state index is 0.148. The van der Waals surface area contributed by atoms with E-state index in [0.717, 1.165) is 24.2 Å². The standard InChI is InChI=1S/C19H19N3O4/c1-12-9-13(4-6-15(12)22-8-2-3-18(22)23)20-19(24)21-14-5-7-16-17(10-14)26-11-25-16/h4-7,9-10H,2-3,8,11H2,1H3,(H2,20,21,24). The van der Waals surface area contributed by atoms with Crippen LogP contribution in [0.4, 0.5) is 21.9 Å². The molecule has 2 heterocycles. The van der Waals surface area contributed by atoms with Gasteiger partial charge in [0.25, 0.3) is 0 Å². The number of urea groups is 1. The molecule has 2 aromatic carbocycles. The van der Waals surface area contributed by atoms with Crippen LogP contribution in [0.1, 0.15) is 18.4 Å². The van der Waals surface area contributed by atoms with E-state index in [0.29, 0.717) is 29.3 Å². The predicted molar refractivity (Wildman–Crippen MR) is 98.0 cm³/mol. The van der Waals surface area contributed by atoms with Gasteiger partial charge < -0.3 is 25.0 Å². The quantitative estimate of drug-likeness (QED) is 0.885. The predicted octanol–water partition coefficient (Wildman–Crippen LogP) is 3.49. The summed E-state index contributed by atoms with van der Waals surface area (Å²) in [6.45, 7) is 2.87. The Hall–Kier alpha value is -3.22. The molecule has 26 heavy (non-hydrogen) atoms. The average molecular weight is 353 g/mol. The normalized spacial score (nSPS) is 15.3. The van der Waals surface area contributed by atoms with Crippen LogP contribution in [0.2, 0.25) is 0 Å². The van der Waals surface area contributed by atoms with Crippen LogP contribution < -0.4 is 25.0 Å². The van der Waals surface area contributed by atoms with Gasteiger partial charge >= 0.3 is 6.03 Å². The number of carbonyl (C=O) groups excluding carboxylic acids is 2. The van der Waals surface area contributed by atoms with E-state index in [9.17, 15) is 9.59 Å². The fourth-order valence-electron chi connectivity index (χ4n) is 3.21. The number of ether oxygens (including phenoxy) is 2. The molecule has 7 heteroatoms. The van der Waals surface area contributed by atoms with Crippen LogP contribution in [-0.2, 0) is 4.79 Å². The summed E-state index contributed by atoms with van der Waals surface area (Å²) in [4.78, 5) is 25.9. The number of hydrogen-bond acceptors (Lipinski definition) is 4. The summed E-state index contributed by atoms with van der Waals surface area (Å²) < 4.78 is 10.5. The van der Waals surface area contributed by atoms with Crippen LogP contribution in [0.3, 0.4) is 0 Å². The number of anilines is 3. The van der Waals surface area contributed by atoms with Crippen LogP contribution in [0.15, 0.2) is 36.4 Å². The molecule has 0 aromatic heterocycles. The van der Waals surface area contributed by atoms with Crippen molar-refractivity contribution in [3.63, 3.8) is 0 Å². The number of carbonyl (C=O) groups is 2. The first-order chi connectivity index (χ1) is 12.6. The number of aryl methyl sites for hydroxylation is 1. The molecule has 4 rings (SSSR count). The second kappa shape index (κ2) is 6.59. The van der Waals surface area contributed by atoms with Gasteiger partial charge in [0, 0.05) is 36.1 Å². The van der Waals surface area contributed by atoms with Crippen LogP contribution in [0, 0.1) is 6.92 Å². The zero-order valence-electron chi connectivity index (χ0n) is 14.4. The molecule has 0 saturated carbocycles. The molecular weight excluding hydrogens is 334 g/mol. The van der Waals surface area contributed by atoms with Crippen molar-refractivity contribution >= 4 is 29.0 Å². The number of hydrogen-bond donors (Lipinski definition) is 2. The number of nitrogens with one attached hydrogen (secondary N) is 2. The maximum Gasteiger partial charge on any atom is 0.323 e. The SMILES string of the molecule is Cc1cc(NC(=O)Nc2ccc3c(c2)OCO3)ccc1N1CCCC1=O. The second-order valence-corrected chi connectivity index (χ2v) is 6.30. The minimum atomic E-state index is -0.353. The third-order valence-corrected chi connectivity index (χ3v) is 4.45. The molecular formula is C19H19N3O4. The molecule has 0 bridgehead atoms. The van der Waals surface area contributed by atoms with Gasteiger partial charge in [-0.15, -0.1) is 0 Å². The third kappa shape index (κ3) is 3.15. The zero-order chi connectivity index (χ0) is 18.1. The Morgan fingerprint density at radius 1 is 1.04 bits per heavy atom. The lowest BCUT2D eigenvalue weighted by atomic mass is 10.1.